The Balaban J connectivity index is 2.03. The summed E-state index contributed by atoms with van der Waals surface area (Å²) in [5.41, 5.74) is 5.51. The van der Waals surface area contributed by atoms with Gasteiger partial charge in [0, 0.05) is 34.6 Å². The summed E-state index contributed by atoms with van der Waals surface area (Å²) in [5, 5.41) is 28.8. The first kappa shape index (κ1) is 22.5. The van der Waals surface area contributed by atoms with E-state index >= 15 is 0 Å². The Labute approximate surface area is 180 Å². The second kappa shape index (κ2) is 9.73. The molecule has 0 fully saturated rings. The number of hydrogen-bond donors (Lipinski definition) is 3. The molecule has 6 heteroatoms. The number of aliphatic hydroxyl groups is 2. The lowest BCUT2D eigenvalue weighted by molar-refractivity contribution is -0.139. The number of hydrogen-bond acceptors (Lipinski definition) is 3. The molecule has 0 unspecified atom stereocenters. The average Bonchev–Trinajstić information content (AvgIpc) is 2.96. The monoisotopic (exact) mass is 423 g/mol. The molecule has 31 heavy (non-hydrogen) atoms. The van der Waals surface area contributed by atoms with Crippen LogP contribution in [0, 0.1) is 19.7 Å². The summed E-state index contributed by atoms with van der Waals surface area (Å²) in [6.07, 6.45) is 0.689. The second-order valence-corrected chi connectivity index (χ2v) is 7.55. The van der Waals surface area contributed by atoms with Gasteiger partial charge in [0.1, 0.15) is 5.82 Å². The molecular weight excluding hydrogens is 397 g/mol. The normalized spacial score (nSPS) is 13.5. The van der Waals surface area contributed by atoms with Crippen molar-refractivity contribution in [1.82, 2.24) is 4.57 Å². The van der Waals surface area contributed by atoms with E-state index in [2.05, 4.69) is 4.57 Å². The molecule has 0 saturated carbocycles. The molecule has 0 aliphatic heterocycles. The highest BCUT2D eigenvalue weighted by molar-refractivity contribution is 5.80. The van der Waals surface area contributed by atoms with Crippen LogP contribution in [0.15, 0.2) is 60.7 Å². The lowest BCUT2D eigenvalue weighted by Gasteiger charge is -2.11. The maximum Gasteiger partial charge on any atom is 0.305 e. The number of carbonyl (C=O) groups is 1. The van der Waals surface area contributed by atoms with Crippen molar-refractivity contribution < 1.29 is 24.5 Å². The number of carboxylic acid groups (broad SMARTS) is 1. The standard InChI is InChI=1S/C25H26FNO4/c1-16-23(13-12-21(28)14-22(29)15-24(30)31)25(18-8-10-19(26)11-9-18)17(2)27(16)20-6-4-3-5-7-20/h3-13,21-22,28-29H,14-15H2,1-2H3,(H,30,31)/b13-12+/t21-,22+/m1/s1. The number of para-hydroxylation sites is 1. The number of aliphatic carboxylic acids is 1. The van der Waals surface area contributed by atoms with Gasteiger partial charge in [-0.2, -0.15) is 0 Å². The summed E-state index contributed by atoms with van der Waals surface area (Å²) in [4.78, 5) is 10.7. The van der Waals surface area contributed by atoms with Crippen LogP contribution >= 0.6 is 0 Å². The first-order chi connectivity index (χ1) is 14.8. The van der Waals surface area contributed by atoms with Crippen LogP contribution in [-0.2, 0) is 4.79 Å². The number of halogens is 1. The van der Waals surface area contributed by atoms with Gasteiger partial charge in [0.25, 0.3) is 0 Å². The summed E-state index contributed by atoms with van der Waals surface area (Å²) in [6.45, 7) is 3.96. The second-order valence-electron chi connectivity index (χ2n) is 7.55. The van der Waals surface area contributed by atoms with Gasteiger partial charge in [0.2, 0.25) is 0 Å². The van der Waals surface area contributed by atoms with Crippen molar-refractivity contribution in [3.8, 4) is 16.8 Å². The van der Waals surface area contributed by atoms with Gasteiger partial charge in [-0.15, -0.1) is 0 Å². The molecule has 2 aromatic carbocycles. The van der Waals surface area contributed by atoms with Crippen LogP contribution in [0.2, 0.25) is 0 Å². The third-order valence-corrected chi connectivity index (χ3v) is 5.25. The van der Waals surface area contributed by atoms with E-state index in [4.69, 9.17) is 5.11 Å². The van der Waals surface area contributed by atoms with Crippen molar-refractivity contribution in [2.75, 3.05) is 0 Å². The minimum absolute atomic E-state index is 0.0773. The summed E-state index contributed by atoms with van der Waals surface area (Å²) in [6, 6.07) is 16.1. The van der Waals surface area contributed by atoms with Crippen LogP contribution in [0.5, 0.6) is 0 Å². The zero-order chi connectivity index (χ0) is 22.5. The Kier molecular flexibility index (Phi) is 7.05. The highest BCUT2D eigenvalue weighted by Crippen LogP contribution is 2.35. The van der Waals surface area contributed by atoms with E-state index in [1.807, 2.05) is 44.2 Å². The number of benzene rings is 2. The summed E-state index contributed by atoms with van der Waals surface area (Å²) < 4.78 is 15.6. The van der Waals surface area contributed by atoms with E-state index in [-0.39, 0.29) is 12.2 Å². The highest BCUT2D eigenvalue weighted by atomic mass is 19.1. The molecular formula is C25H26FNO4. The number of nitrogens with zero attached hydrogens (tertiary/aromatic N) is 1. The van der Waals surface area contributed by atoms with E-state index in [1.165, 1.54) is 12.1 Å². The van der Waals surface area contributed by atoms with Gasteiger partial charge in [-0.3, -0.25) is 4.79 Å². The molecule has 0 saturated heterocycles. The maximum absolute atomic E-state index is 13.5. The van der Waals surface area contributed by atoms with Crippen molar-refractivity contribution in [1.29, 1.82) is 0 Å². The smallest absolute Gasteiger partial charge is 0.305 e. The van der Waals surface area contributed by atoms with Crippen LogP contribution in [-0.4, -0.2) is 38.1 Å². The van der Waals surface area contributed by atoms with Gasteiger partial charge in [-0.1, -0.05) is 42.5 Å². The zero-order valence-electron chi connectivity index (χ0n) is 17.5. The van der Waals surface area contributed by atoms with Gasteiger partial charge in [0.05, 0.1) is 18.6 Å². The summed E-state index contributed by atoms with van der Waals surface area (Å²) in [5.74, 6) is -1.44. The minimum Gasteiger partial charge on any atom is -0.481 e. The molecule has 0 aliphatic carbocycles. The SMILES string of the molecule is Cc1c(/C=C/[C@@H](O)C[C@H](O)CC(=O)O)c(-c2ccc(F)cc2)c(C)n1-c1ccccc1. The zero-order valence-corrected chi connectivity index (χ0v) is 17.5. The van der Waals surface area contributed by atoms with Crippen LogP contribution in [0.1, 0.15) is 29.8 Å². The number of carboxylic acids is 1. The van der Waals surface area contributed by atoms with Crippen molar-refractivity contribution in [2.24, 2.45) is 0 Å². The van der Waals surface area contributed by atoms with Crippen molar-refractivity contribution in [3.63, 3.8) is 0 Å². The Hall–Kier alpha value is -3.22. The molecule has 0 amide bonds. The van der Waals surface area contributed by atoms with Gasteiger partial charge in [-0.05, 0) is 43.7 Å². The van der Waals surface area contributed by atoms with Gasteiger partial charge < -0.3 is 19.9 Å². The van der Waals surface area contributed by atoms with Gasteiger partial charge >= 0.3 is 5.97 Å². The predicted molar refractivity (Wildman–Crippen MR) is 119 cm³/mol. The van der Waals surface area contributed by atoms with Crippen LogP contribution < -0.4 is 0 Å². The first-order valence-corrected chi connectivity index (χ1v) is 10.1. The van der Waals surface area contributed by atoms with Gasteiger partial charge in [0.15, 0.2) is 0 Å². The molecule has 3 aromatic rings. The van der Waals surface area contributed by atoms with Crippen molar-refractivity contribution in [2.45, 2.75) is 38.9 Å². The van der Waals surface area contributed by atoms with Gasteiger partial charge in [-0.25, -0.2) is 4.39 Å². The molecule has 5 nitrogen and oxygen atoms in total. The molecule has 3 rings (SSSR count). The lowest BCUT2D eigenvalue weighted by atomic mass is 9.99. The Morgan fingerprint density at radius 3 is 2.29 bits per heavy atom. The molecule has 162 valence electrons. The maximum atomic E-state index is 13.5. The fourth-order valence-electron chi connectivity index (χ4n) is 3.86. The predicted octanol–water partition coefficient (Wildman–Crippen LogP) is 4.50. The van der Waals surface area contributed by atoms with Crippen molar-refractivity contribution in [3.05, 3.63) is 83.4 Å². The highest BCUT2D eigenvalue weighted by Gasteiger charge is 2.19. The van der Waals surface area contributed by atoms with Crippen LogP contribution in [0.4, 0.5) is 4.39 Å². The molecule has 1 heterocycles. The first-order valence-electron chi connectivity index (χ1n) is 10.1. The fraction of sp³-hybridized carbons (Fsp3) is 0.240. The van der Waals surface area contributed by atoms with E-state index < -0.39 is 24.6 Å². The molecule has 3 N–H and O–H groups in total. The van der Waals surface area contributed by atoms with Crippen molar-refractivity contribution >= 4 is 12.0 Å². The van der Waals surface area contributed by atoms with E-state index in [0.29, 0.717) is 0 Å². The Morgan fingerprint density at radius 1 is 1.03 bits per heavy atom. The van der Waals surface area contributed by atoms with Crippen LogP contribution in [0.3, 0.4) is 0 Å². The summed E-state index contributed by atoms with van der Waals surface area (Å²) >= 11 is 0. The molecule has 0 radical (unpaired) electrons. The summed E-state index contributed by atoms with van der Waals surface area (Å²) in [7, 11) is 0. The van der Waals surface area contributed by atoms with Crippen LogP contribution in [0.25, 0.3) is 22.9 Å². The molecule has 1 aromatic heterocycles. The van der Waals surface area contributed by atoms with E-state index in [1.54, 1.807) is 24.3 Å². The number of rotatable bonds is 8. The molecule has 0 aliphatic rings. The molecule has 2 atom stereocenters. The average molecular weight is 423 g/mol. The minimum atomic E-state index is -1.13. The molecule has 0 spiro atoms. The number of aromatic nitrogens is 1. The quantitative estimate of drug-likeness (QED) is 0.498. The number of aliphatic hydroxyl groups excluding tert-OH is 2. The van der Waals surface area contributed by atoms with E-state index in [9.17, 15) is 19.4 Å². The fourth-order valence-corrected chi connectivity index (χ4v) is 3.86. The lowest BCUT2D eigenvalue weighted by Crippen LogP contribution is -2.19. The Bertz CT molecular complexity index is 1070. The molecule has 0 bridgehead atoms. The third-order valence-electron chi connectivity index (χ3n) is 5.25. The third kappa shape index (κ3) is 5.29. The Morgan fingerprint density at radius 2 is 1.68 bits per heavy atom. The van der Waals surface area contributed by atoms with E-state index in [0.717, 1.165) is 33.8 Å². The largest absolute Gasteiger partial charge is 0.481 e. The topological polar surface area (TPSA) is 82.7 Å².